The molecule has 3 aromatic rings. The number of hydrogen-bond acceptors (Lipinski definition) is 6. The quantitative estimate of drug-likeness (QED) is 0.700. The second-order valence-electron chi connectivity index (χ2n) is 5.65. The number of benzene rings is 1. The van der Waals surface area contributed by atoms with Gasteiger partial charge in [0.25, 0.3) is 5.91 Å². The molecule has 0 aliphatic carbocycles. The molecular formula is C19H15NO5S. The van der Waals surface area contributed by atoms with Gasteiger partial charge in [-0.1, -0.05) is 12.1 Å². The van der Waals surface area contributed by atoms with Crippen LogP contribution in [0.2, 0.25) is 0 Å². The van der Waals surface area contributed by atoms with Gasteiger partial charge in [-0.15, -0.1) is 11.3 Å². The van der Waals surface area contributed by atoms with Crippen molar-refractivity contribution in [2.45, 2.75) is 12.6 Å². The number of hydrogen-bond donors (Lipinski definition) is 1. The van der Waals surface area contributed by atoms with E-state index in [0.717, 1.165) is 4.88 Å². The number of carbonyl (C=O) groups excluding carboxylic acids is 2. The van der Waals surface area contributed by atoms with Crippen LogP contribution in [0, 0.1) is 0 Å². The second-order valence-corrected chi connectivity index (χ2v) is 6.82. The van der Waals surface area contributed by atoms with Gasteiger partial charge in [0.1, 0.15) is 6.61 Å². The Balaban J connectivity index is 1.35. The number of thiophene rings is 1. The van der Waals surface area contributed by atoms with Gasteiger partial charge >= 0.3 is 0 Å². The van der Waals surface area contributed by atoms with Crippen molar-refractivity contribution in [2.24, 2.45) is 0 Å². The van der Waals surface area contributed by atoms with Gasteiger partial charge in [-0.3, -0.25) is 9.59 Å². The molecule has 1 aliphatic heterocycles. The van der Waals surface area contributed by atoms with E-state index in [4.69, 9.17) is 13.9 Å². The van der Waals surface area contributed by atoms with Crippen LogP contribution in [-0.4, -0.2) is 24.4 Å². The van der Waals surface area contributed by atoms with Crippen molar-refractivity contribution in [3.63, 3.8) is 0 Å². The largest absolute Gasteiger partial charge is 0.485 e. The molecule has 1 N–H and O–H groups in total. The summed E-state index contributed by atoms with van der Waals surface area (Å²) in [6.45, 7) is 0.478. The molecule has 132 valence electrons. The van der Waals surface area contributed by atoms with E-state index in [1.807, 2.05) is 18.2 Å². The highest BCUT2D eigenvalue weighted by molar-refractivity contribution is 7.14. The highest BCUT2D eigenvalue weighted by Gasteiger charge is 2.27. The predicted octanol–water partition coefficient (Wildman–Crippen LogP) is 3.03. The van der Waals surface area contributed by atoms with Crippen LogP contribution in [0.4, 0.5) is 0 Å². The molecule has 1 amide bonds. The fourth-order valence-electron chi connectivity index (χ4n) is 2.56. The summed E-state index contributed by atoms with van der Waals surface area (Å²) >= 11 is 1.32. The van der Waals surface area contributed by atoms with Crippen LogP contribution in [0.15, 0.2) is 59.2 Å². The van der Waals surface area contributed by atoms with Gasteiger partial charge in [-0.2, -0.15) is 0 Å². The van der Waals surface area contributed by atoms with Crippen molar-refractivity contribution in [2.75, 3.05) is 6.61 Å². The summed E-state index contributed by atoms with van der Waals surface area (Å²) in [5, 5.41) is 2.82. The number of para-hydroxylation sites is 2. The van der Waals surface area contributed by atoms with Crippen LogP contribution in [0.3, 0.4) is 0 Å². The predicted molar refractivity (Wildman–Crippen MR) is 94.7 cm³/mol. The highest BCUT2D eigenvalue weighted by atomic mass is 32.1. The van der Waals surface area contributed by atoms with Crippen LogP contribution >= 0.6 is 11.3 Å². The summed E-state index contributed by atoms with van der Waals surface area (Å²) in [5.41, 5.74) is 0. The number of rotatable bonds is 5. The molecule has 0 bridgehead atoms. The number of nitrogens with one attached hydrogen (secondary N) is 1. The number of fused-ring (bicyclic) bond motifs is 1. The van der Waals surface area contributed by atoms with Crippen LogP contribution in [0.1, 0.15) is 20.3 Å². The minimum absolute atomic E-state index is 0.162. The lowest BCUT2D eigenvalue weighted by molar-refractivity contribution is -0.130. The zero-order valence-electron chi connectivity index (χ0n) is 13.6. The molecule has 1 unspecified atom stereocenters. The first-order valence-corrected chi connectivity index (χ1v) is 8.85. The molecule has 0 saturated carbocycles. The van der Waals surface area contributed by atoms with Gasteiger partial charge < -0.3 is 19.2 Å². The Kier molecular flexibility index (Phi) is 4.45. The van der Waals surface area contributed by atoms with Crippen molar-refractivity contribution in [3.05, 3.63) is 70.3 Å². The average Bonchev–Trinajstić information content (AvgIpc) is 3.37. The summed E-state index contributed by atoms with van der Waals surface area (Å²) in [6, 6.07) is 14.1. The van der Waals surface area contributed by atoms with E-state index in [-0.39, 0.29) is 18.3 Å². The lowest BCUT2D eigenvalue weighted by Gasteiger charge is -2.25. The molecule has 4 rings (SSSR count). The first-order valence-electron chi connectivity index (χ1n) is 8.04. The van der Waals surface area contributed by atoms with Crippen LogP contribution in [0.5, 0.6) is 11.5 Å². The van der Waals surface area contributed by atoms with E-state index < -0.39 is 6.10 Å². The molecule has 0 fully saturated rings. The van der Waals surface area contributed by atoms with E-state index in [0.29, 0.717) is 28.7 Å². The van der Waals surface area contributed by atoms with Gasteiger partial charge in [-0.05, 0) is 36.4 Å². The number of amides is 1. The van der Waals surface area contributed by atoms with Gasteiger partial charge in [0.05, 0.1) is 17.7 Å². The molecule has 26 heavy (non-hydrogen) atoms. The van der Waals surface area contributed by atoms with Gasteiger partial charge in [0.2, 0.25) is 11.9 Å². The molecule has 3 heterocycles. The topological polar surface area (TPSA) is 77.8 Å². The summed E-state index contributed by atoms with van der Waals surface area (Å²) < 4.78 is 16.3. The number of carbonyl (C=O) groups is 2. The average molecular weight is 369 g/mol. The Morgan fingerprint density at radius 1 is 1.08 bits per heavy atom. The molecule has 1 aromatic carbocycles. The van der Waals surface area contributed by atoms with E-state index >= 15 is 0 Å². The first kappa shape index (κ1) is 16.4. The molecule has 1 aliphatic rings. The Hall–Kier alpha value is -3.06. The van der Waals surface area contributed by atoms with Crippen molar-refractivity contribution in [1.29, 1.82) is 0 Å². The SMILES string of the molecule is O=C(c1ccco1)c1ccc(CNC(=O)C2COc3ccccc3O2)s1. The van der Waals surface area contributed by atoms with E-state index in [9.17, 15) is 9.59 Å². The maximum absolute atomic E-state index is 12.3. The number of ether oxygens (including phenoxy) is 2. The summed E-state index contributed by atoms with van der Waals surface area (Å²) in [6.07, 6.45) is 0.765. The molecule has 7 heteroatoms. The minimum Gasteiger partial charge on any atom is -0.485 e. The van der Waals surface area contributed by atoms with Crippen molar-refractivity contribution in [3.8, 4) is 11.5 Å². The normalized spacial score (nSPS) is 15.5. The van der Waals surface area contributed by atoms with E-state index in [1.165, 1.54) is 17.6 Å². The Bertz CT molecular complexity index is 931. The maximum Gasteiger partial charge on any atom is 0.264 e. The van der Waals surface area contributed by atoms with Crippen molar-refractivity contribution < 1.29 is 23.5 Å². The Morgan fingerprint density at radius 2 is 1.92 bits per heavy atom. The Labute approximate surface area is 153 Å². The molecule has 6 nitrogen and oxygen atoms in total. The fraction of sp³-hybridized carbons (Fsp3) is 0.158. The molecule has 2 aromatic heterocycles. The zero-order valence-corrected chi connectivity index (χ0v) is 14.5. The van der Waals surface area contributed by atoms with Crippen molar-refractivity contribution in [1.82, 2.24) is 5.32 Å². The van der Waals surface area contributed by atoms with Gasteiger partial charge in [-0.25, -0.2) is 0 Å². The summed E-state index contributed by atoms with van der Waals surface area (Å²) in [5.74, 6) is 1.07. The summed E-state index contributed by atoms with van der Waals surface area (Å²) in [7, 11) is 0. The minimum atomic E-state index is -0.700. The van der Waals surface area contributed by atoms with Gasteiger partial charge in [0, 0.05) is 4.88 Å². The maximum atomic E-state index is 12.3. The lowest BCUT2D eigenvalue weighted by Crippen LogP contribution is -2.43. The molecule has 1 atom stereocenters. The third kappa shape index (κ3) is 3.34. The first-order chi connectivity index (χ1) is 12.7. The summed E-state index contributed by atoms with van der Waals surface area (Å²) in [4.78, 5) is 26.0. The zero-order chi connectivity index (χ0) is 17.9. The number of ketones is 1. The number of furan rings is 1. The monoisotopic (exact) mass is 369 g/mol. The van der Waals surface area contributed by atoms with E-state index in [1.54, 1.807) is 30.3 Å². The standard InChI is InChI=1S/C19H15NO5S/c21-18(15-6-3-9-23-15)17-8-7-12(26-17)10-20-19(22)16-11-24-13-4-1-2-5-14(13)25-16/h1-9,16H,10-11H2,(H,20,22). The van der Waals surface area contributed by atoms with Gasteiger partial charge in [0.15, 0.2) is 17.3 Å². The molecule has 0 radical (unpaired) electrons. The third-order valence-electron chi connectivity index (χ3n) is 3.87. The lowest BCUT2D eigenvalue weighted by atomic mass is 10.2. The van der Waals surface area contributed by atoms with Crippen LogP contribution < -0.4 is 14.8 Å². The van der Waals surface area contributed by atoms with Crippen LogP contribution in [0.25, 0.3) is 0 Å². The molecular weight excluding hydrogens is 354 g/mol. The van der Waals surface area contributed by atoms with E-state index in [2.05, 4.69) is 5.32 Å². The highest BCUT2D eigenvalue weighted by Crippen LogP contribution is 2.30. The fourth-order valence-corrected chi connectivity index (χ4v) is 3.45. The second kappa shape index (κ2) is 7.05. The van der Waals surface area contributed by atoms with Crippen molar-refractivity contribution >= 4 is 23.0 Å². The molecule has 0 saturated heterocycles. The third-order valence-corrected chi connectivity index (χ3v) is 4.95. The Morgan fingerprint density at radius 3 is 2.73 bits per heavy atom. The smallest absolute Gasteiger partial charge is 0.264 e. The van der Waals surface area contributed by atoms with Crippen LogP contribution in [-0.2, 0) is 11.3 Å². The molecule has 0 spiro atoms.